The maximum absolute atomic E-state index is 13.2. The van der Waals surface area contributed by atoms with Gasteiger partial charge in [-0.1, -0.05) is 30.3 Å². The zero-order valence-electron chi connectivity index (χ0n) is 14.9. The highest BCUT2D eigenvalue weighted by Crippen LogP contribution is 2.31. The largest absolute Gasteiger partial charge is 0.416 e. The highest BCUT2D eigenvalue weighted by atomic mass is 32.1. The topological polar surface area (TPSA) is 21.8 Å². The highest BCUT2D eigenvalue weighted by Gasteiger charge is 2.34. The fourth-order valence-electron chi connectivity index (χ4n) is 3.74. The first kappa shape index (κ1) is 18.4. The Balaban J connectivity index is 1.35. The van der Waals surface area contributed by atoms with Crippen LogP contribution in [0.4, 0.5) is 13.2 Å². The second kappa shape index (κ2) is 7.58. The molecule has 0 spiro atoms. The summed E-state index contributed by atoms with van der Waals surface area (Å²) in [4.78, 5) is 7.38. The molecule has 2 heterocycles. The van der Waals surface area contributed by atoms with Gasteiger partial charge in [0, 0.05) is 5.56 Å². The standard InChI is InChI=1S/C20H20F3N3S/c21-20(22,23)16-6-2-1-5-15(16)13-25-9-11-26(12-10-25)14-19-24-17-7-3-4-8-18(17)27-19/h1-8H,9-14H2/p+2. The van der Waals surface area contributed by atoms with Gasteiger partial charge in [-0.2, -0.15) is 13.2 Å². The SMILES string of the molecule is FC(F)(F)c1ccccc1C[NH+]1CC[NH+](Cc2nc3ccccc3s2)CC1. The quantitative estimate of drug-likeness (QED) is 0.693. The van der Waals surface area contributed by atoms with Crippen LogP contribution < -0.4 is 9.80 Å². The van der Waals surface area contributed by atoms with E-state index in [1.807, 2.05) is 18.2 Å². The lowest BCUT2D eigenvalue weighted by Crippen LogP contribution is -3.27. The molecule has 1 saturated heterocycles. The number of nitrogens with one attached hydrogen (secondary N) is 2. The molecule has 0 radical (unpaired) electrons. The minimum absolute atomic E-state index is 0.398. The van der Waals surface area contributed by atoms with Crippen LogP contribution in [0.2, 0.25) is 0 Å². The van der Waals surface area contributed by atoms with Crippen LogP contribution in [0.3, 0.4) is 0 Å². The zero-order chi connectivity index (χ0) is 18.9. The van der Waals surface area contributed by atoms with E-state index in [9.17, 15) is 13.2 Å². The molecule has 7 heteroatoms. The summed E-state index contributed by atoms with van der Waals surface area (Å²) in [6.07, 6.45) is -4.28. The van der Waals surface area contributed by atoms with Crippen molar-refractivity contribution in [2.75, 3.05) is 26.2 Å². The number of fused-ring (bicyclic) bond motifs is 1. The van der Waals surface area contributed by atoms with Crippen LogP contribution in [-0.4, -0.2) is 31.2 Å². The van der Waals surface area contributed by atoms with E-state index in [1.54, 1.807) is 23.5 Å². The molecular formula is C20H22F3N3S+2. The molecule has 0 aliphatic carbocycles. The Labute approximate surface area is 160 Å². The van der Waals surface area contributed by atoms with Crippen molar-refractivity contribution in [3.05, 3.63) is 64.7 Å². The van der Waals surface area contributed by atoms with E-state index in [1.165, 1.54) is 26.6 Å². The number of alkyl halides is 3. The van der Waals surface area contributed by atoms with Crippen molar-refractivity contribution in [3.63, 3.8) is 0 Å². The molecule has 0 amide bonds. The molecule has 0 saturated carbocycles. The maximum Gasteiger partial charge on any atom is 0.416 e. The number of hydrogen-bond donors (Lipinski definition) is 2. The number of quaternary nitrogens is 2. The Kier molecular flexibility index (Phi) is 5.16. The van der Waals surface area contributed by atoms with Crippen molar-refractivity contribution >= 4 is 21.6 Å². The Morgan fingerprint density at radius 2 is 1.48 bits per heavy atom. The first-order valence-corrected chi connectivity index (χ1v) is 9.97. The number of aromatic nitrogens is 1. The van der Waals surface area contributed by atoms with Crippen molar-refractivity contribution in [3.8, 4) is 0 Å². The lowest BCUT2D eigenvalue weighted by molar-refractivity contribution is -1.02. The van der Waals surface area contributed by atoms with Crippen LogP contribution >= 0.6 is 11.3 Å². The van der Waals surface area contributed by atoms with Crippen molar-refractivity contribution in [1.29, 1.82) is 0 Å². The summed E-state index contributed by atoms with van der Waals surface area (Å²) in [6, 6.07) is 14.1. The summed E-state index contributed by atoms with van der Waals surface area (Å²) in [5, 5.41) is 1.14. The van der Waals surface area contributed by atoms with Crippen LogP contribution in [-0.2, 0) is 19.3 Å². The van der Waals surface area contributed by atoms with Crippen molar-refractivity contribution in [2.45, 2.75) is 19.3 Å². The summed E-state index contributed by atoms with van der Waals surface area (Å²) < 4.78 is 40.7. The van der Waals surface area contributed by atoms with E-state index < -0.39 is 11.7 Å². The predicted molar refractivity (Wildman–Crippen MR) is 99.9 cm³/mol. The highest BCUT2D eigenvalue weighted by molar-refractivity contribution is 7.18. The van der Waals surface area contributed by atoms with Gasteiger partial charge in [0.25, 0.3) is 0 Å². The summed E-state index contributed by atoms with van der Waals surface area (Å²) in [5.74, 6) is 0. The molecule has 4 rings (SSSR count). The fraction of sp³-hybridized carbons (Fsp3) is 0.350. The Hall–Kier alpha value is -1.96. The lowest BCUT2D eigenvalue weighted by atomic mass is 10.1. The van der Waals surface area contributed by atoms with Crippen molar-refractivity contribution < 1.29 is 23.0 Å². The van der Waals surface area contributed by atoms with E-state index in [0.717, 1.165) is 43.2 Å². The molecule has 142 valence electrons. The summed E-state index contributed by atoms with van der Waals surface area (Å²) in [7, 11) is 0. The molecule has 0 bridgehead atoms. The molecule has 1 aromatic heterocycles. The molecule has 0 atom stereocenters. The van der Waals surface area contributed by atoms with Gasteiger partial charge in [-0.15, -0.1) is 11.3 Å². The molecule has 0 unspecified atom stereocenters. The molecule has 3 aromatic rings. The van der Waals surface area contributed by atoms with Gasteiger partial charge in [0.1, 0.15) is 44.3 Å². The van der Waals surface area contributed by atoms with Crippen LogP contribution in [0.15, 0.2) is 48.5 Å². The summed E-state index contributed by atoms with van der Waals surface area (Å²) in [5.41, 5.74) is 0.946. The molecule has 2 N–H and O–H groups in total. The van der Waals surface area contributed by atoms with E-state index in [4.69, 9.17) is 4.98 Å². The molecule has 27 heavy (non-hydrogen) atoms. The van der Waals surface area contributed by atoms with Gasteiger partial charge in [0.15, 0.2) is 0 Å². The fourth-order valence-corrected chi connectivity index (χ4v) is 4.78. The number of rotatable bonds is 4. The van der Waals surface area contributed by atoms with Crippen LogP contribution in [0, 0.1) is 0 Å². The molecule has 1 aliphatic rings. The van der Waals surface area contributed by atoms with Gasteiger partial charge in [-0.3, -0.25) is 0 Å². The van der Waals surface area contributed by atoms with Crippen molar-refractivity contribution in [1.82, 2.24) is 4.98 Å². The average molecular weight is 393 g/mol. The van der Waals surface area contributed by atoms with Gasteiger partial charge in [0.05, 0.1) is 15.8 Å². The Bertz CT molecular complexity index is 881. The van der Waals surface area contributed by atoms with Gasteiger partial charge in [-0.05, 0) is 18.2 Å². The average Bonchev–Trinajstić information content (AvgIpc) is 3.05. The Morgan fingerprint density at radius 3 is 2.19 bits per heavy atom. The van der Waals surface area contributed by atoms with Gasteiger partial charge in [-0.25, -0.2) is 4.98 Å². The first-order valence-electron chi connectivity index (χ1n) is 9.16. The number of piperazine rings is 1. The van der Waals surface area contributed by atoms with E-state index in [-0.39, 0.29) is 0 Å². The number of halogens is 3. The smallest absolute Gasteiger partial charge is 0.322 e. The van der Waals surface area contributed by atoms with E-state index in [2.05, 4.69) is 6.07 Å². The molecular weight excluding hydrogens is 371 g/mol. The van der Waals surface area contributed by atoms with E-state index in [0.29, 0.717) is 12.1 Å². The number of benzene rings is 2. The lowest BCUT2D eigenvalue weighted by Gasteiger charge is -2.29. The first-order chi connectivity index (χ1) is 13.0. The molecule has 3 nitrogen and oxygen atoms in total. The second-order valence-electron chi connectivity index (χ2n) is 7.08. The molecule has 1 fully saturated rings. The van der Waals surface area contributed by atoms with Gasteiger partial charge >= 0.3 is 6.18 Å². The van der Waals surface area contributed by atoms with Crippen LogP contribution in [0.1, 0.15) is 16.1 Å². The van der Waals surface area contributed by atoms with E-state index >= 15 is 0 Å². The summed E-state index contributed by atoms with van der Waals surface area (Å²) >= 11 is 1.74. The van der Waals surface area contributed by atoms with Gasteiger partial charge < -0.3 is 9.80 Å². The van der Waals surface area contributed by atoms with Crippen molar-refractivity contribution in [2.24, 2.45) is 0 Å². The third kappa shape index (κ3) is 4.31. The minimum atomic E-state index is -4.28. The number of nitrogens with zero attached hydrogens (tertiary/aromatic N) is 1. The van der Waals surface area contributed by atoms with Gasteiger partial charge in [0.2, 0.25) is 0 Å². The number of hydrogen-bond acceptors (Lipinski definition) is 2. The normalized spacial score (nSPS) is 20.9. The third-order valence-electron chi connectivity index (χ3n) is 5.17. The number of thiazole rings is 1. The predicted octanol–water partition coefficient (Wildman–Crippen LogP) is 1.80. The Morgan fingerprint density at radius 1 is 0.852 bits per heavy atom. The maximum atomic E-state index is 13.2. The minimum Gasteiger partial charge on any atom is -0.322 e. The number of para-hydroxylation sites is 1. The third-order valence-corrected chi connectivity index (χ3v) is 6.20. The zero-order valence-corrected chi connectivity index (χ0v) is 15.7. The molecule has 2 aromatic carbocycles. The molecule has 1 aliphatic heterocycles. The second-order valence-corrected chi connectivity index (χ2v) is 8.20. The summed E-state index contributed by atoms with van der Waals surface area (Å²) in [6.45, 7) is 5.01. The van der Waals surface area contributed by atoms with Crippen LogP contribution in [0.5, 0.6) is 0 Å². The van der Waals surface area contributed by atoms with Crippen LogP contribution in [0.25, 0.3) is 10.2 Å². The monoisotopic (exact) mass is 393 g/mol.